The largest absolute Gasteiger partial charge is 0.392 e. The van der Waals surface area contributed by atoms with Gasteiger partial charge in [0.15, 0.2) is 0 Å². The summed E-state index contributed by atoms with van der Waals surface area (Å²) in [6.07, 6.45) is 4.87. The summed E-state index contributed by atoms with van der Waals surface area (Å²) in [5.74, 6) is 0. The van der Waals surface area contributed by atoms with Gasteiger partial charge in [-0.2, -0.15) is 0 Å². The van der Waals surface area contributed by atoms with Crippen LogP contribution in [0.3, 0.4) is 0 Å². The van der Waals surface area contributed by atoms with Gasteiger partial charge in [0.2, 0.25) is 10.0 Å². The highest BCUT2D eigenvalue weighted by Crippen LogP contribution is 2.21. The Kier molecular flexibility index (Phi) is 5.35. The van der Waals surface area contributed by atoms with E-state index >= 15 is 0 Å². The van der Waals surface area contributed by atoms with E-state index in [-0.39, 0.29) is 17.4 Å². The van der Waals surface area contributed by atoms with E-state index < -0.39 is 10.0 Å². The average Bonchev–Trinajstić information content (AvgIpc) is 3.05. The van der Waals surface area contributed by atoms with Crippen LogP contribution in [0.25, 0.3) is 0 Å². The molecule has 2 N–H and O–H groups in total. The van der Waals surface area contributed by atoms with E-state index in [1.165, 1.54) is 18.9 Å². The normalized spacial score (nSPS) is 17.1. The van der Waals surface area contributed by atoms with Gasteiger partial charge in [0.25, 0.3) is 0 Å². The second kappa shape index (κ2) is 6.81. The molecule has 1 aromatic rings. The van der Waals surface area contributed by atoms with E-state index in [1.54, 1.807) is 5.38 Å². The van der Waals surface area contributed by atoms with Gasteiger partial charge in [0.05, 0.1) is 19.3 Å². The number of hydrogen-bond acceptors (Lipinski definition) is 5. The Hall–Kier alpha value is -0.470. The Morgan fingerprint density at radius 1 is 1.42 bits per heavy atom. The van der Waals surface area contributed by atoms with Gasteiger partial charge >= 0.3 is 0 Å². The molecule has 0 amide bonds. The summed E-state index contributed by atoms with van der Waals surface area (Å²) >= 11 is 1.11. The molecular weight excluding hydrogens is 286 g/mol. The Bertz CT molecular complexity index is 492. The molecule has 1 aromatic heterocycles. The molecule has 0 saturated heterocycles. The van der Waals surface area contributed by atoms with Crippen molar-refractivity contribution in [1.29, 1.82) is 0 Å². The first-order chi connectivity index (χ1) is 9.12. The SMILES string of the molecule is O=S(=O)(NCCOC1CCCC1)c1cc(CO)cs1. The molecular formula is C12H19NO4S2. The number of ether oxygens (including phenoxy) is 1. The maximum absolute atomic E-state index is 11.9. The van der Waals surface area contributed by atoms with Crippen LogP contribution in [-0.4, -0.2) is 32.8 Å². The summed E-state index contributed by atoms with van der Waals surface area (Å²) in [5.41, 5.74) is 0.618. The number of rotatable bonds is 7. The summed E-state index contributed by atoms with van der Waals surface area (Å²) in [4.78, 5) is 0. The number of sulfonamides is 1. The van der Waals surface area contributed by atoms with E-state index in [4.69, 9.17) is 9.84 Å². The molecule has 1 fully saturated rings. The van der Waals surface area contributed by atoms with E-state index in [9.17, 15) is 8.42 Å². The molecule has 1 aliphatic carbocycles. The second-order valence-corrected chi connectivity index (χ2v) is 7.51. The van der Waals surface area contributed by atoms with Crippen LogP contribution in [0.15, 0.2) is 15.7 Å². The lowest BCUT2D eigenvalue weighted by Crippen LogP contribution is -2.28. The highest BCUT2D eigenvalue weighted by atomic mass is 32.2. The summed E-state index contributed by atoms with van der Waals surface area (Å²) < 4.78 is 32.2. The first kappa shape index (κ1) is 14.9. The highest BCUT2D eigenvalue weighted by Gasteiger charge is 2.18. The minimum atomic E-state index is -3.47. The Morgan fingerprint density at radius 3 is 2.79 bits per heavy atom. The fourth-order valence-electron chi connectivity index (χ4n) is 2.10. The number of aliphatic hydroxyl groups is 1. The molecule has 0 spiro atoms. The zero-order chi connectivity index (χ0) is 13.7. The third-order valence-electron chi connectivity index (χ3n) is 3.13. The van der Waals surface area contributed by atoms with Crippen molar-refractivity contribution < 1.29 is 18.3 Å². The molecule has 5 nitrogen and oxygen atoms in total. The first-order valence-corrected chi connectivity index (χ1v) is 8.77. The molecule has 7 heteroatoms. The van der Waals surface area contributed by atoms with E-state index in [1.807, 2.05) is 0 Å². The van der Waals surface area contributed by atoms with Crippen LogP contribution in [-0.2, 0) is 21.4 Å². The fraction of sp³-hybridized carbons (Fsp3) is 0.667. The van der Waals surface area contributed by atoms with Crippen LogP contribution in [0.2, 0.25) is 0 Å². The Balaban J connectivity index is 1.77. The van der Waals surface area contributed by atoms with Crippen LogP contribution < -0.4 is 4.72 Å². The molecule has 0 atom stereocenters. The number of thiophene rings is 1. The van der Waals surface area contributed by atoms with Crippen LogP contribution in [0.5, 0.6) is 0 Å². The minimum Gasteiger partial charge on any atom is -0.392 e. The molecule has 0 radical (unpaired) electrons. The molecule has 108 valence electrons. The van der Waals surface area contributed by atoms with Crippen LogP contribution in [0.4, 0.5) is 0 Å². The van der Waals surface area contributed by atoms with Crippen molar-refractivity contribution in [1.82, 2.24) is 4.72 Å². The minimum absolute atomic E-state index is 0.142. The number of aliphatic hydroxyl groups excluding tert-OH is 1. The van der Waals surface area contributed by atoms with Gasteiger partial charge in [-0.3, -0.25) is 0 Å². The van der Waals surface area contributed by atoms with Gasteiger partial charge in [0, 0.05) is 6.54 Å². The van der Waals surface area contributed by atoms with Crippen molar-refractivity contribution >= 4 is 21.4 Å². The predicted octanol–water partition coefficient (Wildman–Crippen LogP) is 1.48. The van der Waals surface area contributed by atoms with Gasteiger partial charge < -0.3 is 9.84 Å². The standard InChI is InChI=1S/C12H19NO4S2/c14-8-10-7-12(18-9-10)19(15,16)13-5-6-17-11-3-1-2-4-11/h7,9,11,13-14H,1-6,8H2. The second-order valence-electron chi connectivity index (χ2n) is 4.61. The van der Waals surface area contributed by atoms with Crippen molar-refractivity contribution in [3.05, 3.63) is 17.0 Å². The summed E-state index contributed by atoms with van der Waals surface area (Å²) in [7, 11) is -3.47. The molecule has 1 saturated carbocycles. The maximum atomic E-state index is 11.9. The van der Waals surface area contributed by atoms with E-state index in [2.05, 4.69) is 4.72 Å². The summed E-state index contributed by atoms with van der Waals surface area (Å²) in [6, 6.07) is 1.49. The molecule has 19 heavy (non-hydrogen) atoms. The van der Waals surface area contributed by atoms with Gasteiger partial charge in [-0.1, -0.05) is 12.8 Å². The van der Waals surface area contributed by atoms with Crippen LogP contribution >= 0.6 is 11.3 Å². The highest BCUT2D eigenvalue weighted by molar-refractivity contribution is 7.91. The third-order valence-corrected chi connectivity index (χ3v) is 6.08. The molecule has 1 aliphatic rings. The quantitative estimate of drug-likeness (QED) is 0.748. The van der Waals surface area contributed by atoms with Crippen molar-refractivity contribution in [2.24, 2.45) is 0 Å². The zero-order valence-corrected chi connectivity index (χ0v) is 12.3. The zero-order valence-electron chi connectivity index (χ0n) is 10.7. The van der Waals surface area contributed by atoms with E-state index in [0.717, 1.165) is 24.2 Å². The van der Waals surface area contributed by atoms with Gasteiger partial charge in [0.1, 0.15) is 4.21 Å². The molecule has 1 heterocycles. The van der Waals surface area contributed by atoms with Gasteiger partial charge in [-0.25, -0.2) is 13.1 Å². The smallest absolute Gasteiger partial charge is 0.250 e. The van der Waals surface area contributed by atoms with Crippen molar-refractivity contribution in [2.75, 3.05) is 13.2 Å². The number of hydrogen-bond donors (Lipinski definition) is 2. The van der Waals surface area contributed by atoms with Gasteiger partial charge in [-0.05, 0) is 29.9 Å². The summed E-state index contributed by atoms with van der Waals surface area (Å²) in [5, 5.41) is 10.6. The van der Waals surface area contributed by atoms with Crippen LogP contribution in [0.1, 0.15) is 31.2 Å². The lowest BCUT2D eigenvalue weighted by Gasteiger charge is -2.11. The lowest BCUT2D eigenvalue weighted by molar-refractivity contribution is 0.0626. The molecule has 0 aliphatic heterocycles. The third kappa shape index (κ3) is 4.25. The van der Waals surface area contributed by atoms with E-state index in [0.29, 0.717) is 18.3 Å². The molecule has 2 rings (SSSR count). The summed E-state index contributed by atoms with van der Waals surface area (Å²) in [6.45, 7) is 0.546. The Labute approximate surface area is 117 Å². The van der Waals surface area contributed by atoms with Crippen LogP contribution in [0, 0.1) is 0 Å². The predicted molar refractivity (Wildman–Crippen MR) is 73.6 cm³/mol. The van der Waals surface area contributed by atoms with Gasteiger partial charge in [-0.15, -0.1) is 11.3 Å². The molecule has 0 unspecified atom stereocenters. The molecule has 0 aromatic carbocycles. The topological polar surface area (TPSA) is 75.6 Å². The fourth-order valence-corrected chi connectivity index (χ4v) is 4.36. The van der Waals surface area contributed by atoms with Crippen molar-refractivity contribution in [3.8, 4) is 0 Å². The molecule has 0 bridgehead atoms. The number of nitrogens with one attached hydrogen (secondary N) is 1. The van der Waals surface area contributed by atoms with Crippen molar-refractivity contribution in [2.45, 2.75) is 42.6 Å². The lowest BCUT2D eigenvalue weighted by atomic mass is 10.3. The maximum Gasteiger partial charge on any atom is 0.250 e. The average molecular weight is 305 g/mol. The monoisotopic (exact) mass is 305 g/mol. The van der Waals surface area contributed by atoms with Crippen molar-refractivity contribution in [3.63, 3.8) is 0 Å². The first-order valence-electron chi connectivity index (χ1n) is 6.41. The Morgan fingerprint density at radius 2 is 2.16 bits per heavy atom.